The Morgan fingerprint density at radius 3 is 2.62 bits per heavy atom. The molecule has 1 aliphatic rings. The summed E-state index contributed by atoms with van der Waals surface area (Å²) < 4.78 is 5.34. The highest BCUT2D eigenvalue weighted by Crippen LogP contribution is 2.13. The van der Waals surface area contributed by atoms with E-state index in [-0.39, 0.29) is 11.9 Å². The number of morpholine rings is 1. The summed E-state index contributed by atoms with van der Waals surface area (Å²) in [6.07, 6.45) is 1.17. The Labute approximate surface area is 126 Å². The number of nitrogens with two attached hydrogens (primary N) is 1. The van der Waals surface area contributed by atoms with Gasteiger partial charge >= 0.3 is 0 Å². The fourth-order valence-electron chi connectivity index (χ4n) is 2.29. The van der Waals surface area contributed by atoms with Crippen molar-refractivity contribution in [3.8, 4) is 0 Å². The molecule has 1 saturated heterocycles. The van der Waals surface area contributed by atoms with Crippen LogP contribution in [0.3, 0.4) is 0 Å². The molecule has 21 heavy (non-hydrogen) atoms. The summed E-state index contributed by atoms with van der Waals surface area (Å²) in [4.78, 5) is 14.1. The molecule has 1 fully saturated rings. The molecule has 0 spiro atoms. The number of nitrogens with zero attached hydrogens (tertiary/aromatic N) is 1. The number of carbonyl (C=O) groups is 1. The summed E-state index contributed by atoms with van der Waals surface area (Å²) in [6, 6.07) is 8.11. The molecule has 0 saturated carbocycles. The van der Waals surface area contributed by atoms with E-state index in [1.165, 1.54) is 5.56 Å². The molecule has 1 aromatic rings. The van der Waals surface area contributed by atoms with Gasteiger partial charge in [0.25, 0.3) is 0 Å². The van der Waals surface area contributed by atoms with Crippen LogP contribution in [0.2, 0.25) is 0 Å². The second-order valence-corrected chi connectivity index (χ2v) is 5.65. The number of ether oxygens (including phenoxy) is 1. The fraction of sp³-hybridized carbons (Fsp3) is 0.562. The van der Waals surface area contributed by atoms with Gasteiger partial charge in [-0.05, 0) is 31.0 Å². The first-order valence-electron chi connectivity index (χ1n) is 7.58. The summed E-state index contributed by atoms with van der Waals surface area (Å²) in [5, 5.41) is 2.90. The Morgan fingerprint density at radius 1 is 1.33 bits per heavy atom. The van der Waals surface area contributed by atoms with Crippen molar-refractivity contribution in [3.05, 3.63) is 29.8 Å². The van der Waals surface area contributed by atoms with E-state index in [9.17, 15) is 4.79 Å². The van der Waals surface area contributed by atoms with Gasteiger partial charge in [-0.2, -0.15) is 0 Å². The zero-order valence-electron chi connectivity index (χ0n) is 12.7. The van der Waals surface area contributed by atoms with Crippen LogP contribution in [0, 0.1) is 0 Å². The van der Waals surface area contributed by atoms with Crippen LogP contribution in [0.5, 0.6) is 0 Å². The van der Waals surface area contributed by atoms with Crippen LogP contribution in [-0.4, -0.2) is 43.2 Å². The second kappa shape index (κ2) is 8.12. The molecular weight excluding hydrogens is 266 g/mol. The van der Waals surface area contributed by atoms with Crippen molar-refractivity contribution in [3.63, 3.8) is 0 Å². The molecule has 1 amide bonds. The van der Waals surface area contributed by atoms with Crippen molar-refractivity contribution < 1.29 is 9.53 Å². The molecule has 1 atom stereocenters. The highest BCUT2D eigenvalue weighted by molar-refractivity contribution is 5.90. The minimum absolute atomic E-state index is 0.0215. The van der Waals surface area contributed by atoms with Gasteiger partial charge in [0.05, 0.1) is 13.2 Å². The molecule has 1 aliphatic heterocycles. The van der Waals surface area contributed by atoms with Gasteiger partial charge < -0.3 is 15.8 Å². The molecule has 5 nitrogen and oxygen atoms in total. The normalized spacial score (nSPS) is 17.4. The van der Waals surface area contributed by atoms with Gasteiger partial charge in [0.2, 0.25) is 5.91 Å². The Morgan fingerprint density at radius 2 is 2.00 bits per heavy atom. The highest BCUT2D eigenvalue weighted by Gasteiger charge is 2.10. The van der Waals surface area contributed by atoms with Gasteiger partial charge in [-0.15, -0.1) is 0 Å². The van der Waals surface area contributed by atoms with E-state index in [0.29, 0.717) is 12.8 Å². The van der Waals surface area contributed by atoms with Gasteiger partial charge in [-0.1, -0.05) is 12.1 Å². The van der Waals surface area contributed by atoms with Crippen molar-refractivity contribution >= 4 is 11.6 Å². The Kier molecular flexibility index (Phi) is 6.17. The van der Waals surface area contributed by atoms with E-state index in [1.807, 2.05) is 19.1 Å². The van der Waals surface area contributed by atoms with Crippen molar-refractivity contribution in [2.45, 2.75) is 32.4 Å². The number of amides is 1. The molecule has 0 aromatic heterocycles. The third kappa shape index (κ3) is 5.83. The first kappa shape index (κ1) is 15.9. The SMILES string of the molecule is CC(N)CCC(=O)Nc1ccc(CN2CCOCC2)cc1. The lowest BCUT2D eigenvalue weighted by atomic mass is 10.1. The maximum absolute atomic E-state index is 11.7. The molecule has 116 valence electrons. The minimum atomic E-state index is 0.0215. The molecule has 5 heteroatoms. The van der Waals surface area contributed by atoms with Crippen LogP contribution < -0.4 is 11.1 Å². The Balaban J connectivity index is 1.79. The number of anilines is 1. The van der Waals surface area contributed by atoms with Crippen LogP contribution in [0.1, 0.15) is 25.3 Å². The monoisotopic (exact) mass is 291 g/mol. The smallest absolute Gasteiger partial charge is 0.224 e. The van der Waals surface area contributed by atoms with Gasteiger partial charge in [0.1, 0.15) is 0 Å². The lowest BCUT2D eigenvalue weighted by molar-refractivity contribution is -0.116. The Bertz CT molecular complexity index is 439. The third-order valence-corrected chi connectivity index (χ3v) is 3.57. The van der Waals surface area contributed by atoms with E-state index in [1.54, 1.807) is 0 Å². The molecule has 1 unspecified atom stereocenters. The zero-order chi connectivity index (χ0) is 15.1. The summed E-state index contributed by atoms with van der Waals surface area (Å²) in [5.41, 5.74) is 7.75. The average molecular weight is 291 g/mol. The van der Waals surface area contributed by atoms with Crippen LogP contribution in [0.15, 0.2) is 24.3 Å². The second-order valence-electron chi connectivity index (χ2n) is 5.65. The van der Waals surface area contributed by atoms with Crippen LogP contribution in [0.4, 0.5) is 5.69 Å². The van der Waals surface area contributed by atoms with E-state index >= 15 is 0 Å². The maximum atomic E-state index is 11.7. The maximum Gasteiger partial charge on any atom is 0.224 e. The topological polar surface area (TPSA) is 67.6 Å². The van der Waals surface area contributed by atoms with E-state index in [4.69, 9.17) is 10.5 Å². The number of nitrogens with one attached hydrogen (secondary N) is 1. The Hall–Kier alpha value is -1.43. The van der Waals surface area contributed by atoms with Gasteiger partial charge in [0, 0.05) is 37.8 Å². The number of carbonyl (C=O) groups excluding carboxylic acids is 1. The van der Waals surface area contributed by atoms with Crippen LogP contribution in [0.25, 0.3) is 0 Å². The quantitative estimate of drug-likeness (QED) is 0.835. The highest BCUT2D eigenvalue weighted by atomic mass is 16.5. The predicted octanol–water partition coefficient (Wildman–Crippen LogP) is 1.58. The van der Waals surface area contributed by atoms with Crippen molar-refractivity contribution in [2.24, 2.45) is 5.73 Å². The molecule has 0 aliphatic carbocycles. The summed E-state index contributed by atoms with van der Waals surface area (Å²) in [7, 11) is 0. The summed E-state index contributed by atoms with van der Waals surface area (Å²) >= 11 is 0. The number of rotatable bonds is 6. The molecule has 0 radical (unpaired) electrons. The van der Waals surface area contributed by atoms with E-state index < -0.39 is 0 Å². The van der Waals surface area contributed by atoms with Gasteiger partial charge in [0.15, 0.2) is 0 Å². The summed E-state index contributed by atoms with van der Waals surface area (Å²) in [6.45, 7) is 6.43. The van der Waals surface area contributed by atoms with Gasteiger partial charge in [-0.25, -0.2) is 0 Å². The molecule has 1 aromatic carbocycles. The van der Waals surface area contributed by atoms with Gasteiger partial charge in [-0.3, -0.25) is 9.69 Å². The van der Waals surface area contributed by atoms with Crippen LogP contribution in [-0.2, 0) is 16.1 Å². The van der Waals surface area contributed by atoms with E-state index in [2.05, 4.69) is 22.3 Å². The number of hydrogen-bond donors (Lipinski definition) is 2. The fourth-order valence-corrected chi connectivity index (χ4v) is 2.29. The number of benzene rings is 1. The molecule has 0 bridgehead atoms. The zero-order valence-corrected chi connectivity index (χ0v) is 12.7. The lowest BCUT2D eigenvalue weighted by Crippen LogP contribution is -2.35. The van der Waals surface area contributed by atoms with E-state index in [0.717, 1.165) is 38.5 Å². The number of hydrogen-bond acceptors (Lipinski definition) is 4. The predicted molar refractivity (Wildman–Crippen MR) is 84.1 cm³/mol. The largest absolute Gasteiger partial charge is 0.379 e. The minimum Gasteiger partial charge on any atom is -0.379 e. The van der Waals surface area contributed by atoms with Crippen molar-refractivity contribution in [2.75, 3.05) is 31.6 Å². The lowest BCUT2D eigenvalue weighted by Gasteiger charge is -2.26. The molecule has 1 heterocycles. The van der Waals surface area contributed by atoms with Crippen molar-refractivity contribution in [1.82, 2.24) is 4.90 Å². The molecule has 2 rings (SSSR count). The third-order valence-electron chi connectivity index (χ3n) is 3.57. The average Bonchev–Trinajstić information content (AvgIpc) is 2.48. The molecule has 3 N–H and O–H groups in total. The standard InChI is InChI=1S/C16H25N3O2/c1-13(17)2-7-16(20)18-15-5-3-14(4-6-15)12-19-8-10-21-11-9-19/h3-6,13H,2,7-12,17H2,1H3,(H,18,20). The first-order valence-corrected chi connectivity index (χ1v) is 7.58. The molecular formula is C16H25N3O2. The summed E-state index contributed by atoms with van der Waals surface area (Å²) in [5.74, 6) is 0.0215. The first-order chi connectivity index (χ1) is 10.1. The van der Waals surface area contributed by atoms with Crippen molar-refractivity contribution in [1.29, 1.82) is 0 Å². The van der Waals surface area contributed by atoms with Crippen LogP contribution >= 0.6 is 0 Å².